The van der Waals surface area contributed by atoms with E-state index in [1.54, 1.807) is 43.5 Å². The molecule has 0 saturated heterocycles. The van der Waals surface area contributed by atoms with E-state index in [2.05, 4.69) is 5.32 Å². The molecule has 0 aromatic heterocycles. The van der Waals surface area contributed by atoms with Crippen molar-refractivity contribution >= 4 is 29.4 Å². The first-order valence-corrected chi connectivity index (χ1v) is 16.0. The number of esters is 1. The molecule has 0 saturated carbocycles. The van der Waals surface area contributed by atoms with Crippen LogP contribution in [0.3, 0.4) is 0 Å². The molecule has 0 atom stereocenters. The fourth-order valence-corrected chi connectivity index (χ4v) is 5.35. The van der Waals surface area contributed by atoms with Crippen LogP contribution in [0.2, 0.25) is 0 Å². The van der Waals surface area contributed by atoms with Crippen molar-refractivity contribution in [3.05, 3.63) is 143 Å². The van der Waals surface area contributed by atoms with Crippen molar-refractivity contribution in [2.45, 2.75) is 19.1 Å². The number of benzene rings is 5. The number of nitrogens with zero attached hydrogens (tertiary/aromatic N) is 1. The monoisotopic (exact) mass is 726 g/mol. The van der Waals surface area contributed by atoms with E-state index in [-0.39, 0.29) is 34.9 Å². The van der Waals surface area contributed by atoms with Crippen molar-refractivity contribution < 1.29 is 51.7 Å². The standard InChI is InChI=1S/C40H33F3N2O8/c1-51-32-18-11-27(12-19-32)26-5-7-29(8-6-26)39(50)53-33-16-3-25(4-17-33)23-45(24-37(47)48)38(49)28-9-14-31(15-10-28)44-36(46)21-30-13-20-34(52-2)22-35(30)40(41,42)43/h3-20,22H,21,23-24H2,1-2H3,(H,44,46)(H,47,48). The Balaban J connectivity index is 1.19. The highest BCUT2D eigenvalue weighted by atomic mass is 19.4. The number of methoxy groups -OCH3 is 2. The van der Waals surface area contributed by atoms with E-state index in [4.69, 9.17) is 14.2 Å². The van der Waals surface area contributed by atoms with Crippen LogP contribution in [0.1, 0.15) is 37.4 Å². The maximum Gasteiger partial charge on any atom is 0.416 e. The van der Waals surface area contributed by atoms with E-state index in [1.807, 2.05) is 24.3 Å². The highest BCUT2D eigenvalue weighted by molar-refractivity contribution is 5.97. The molecule has 0 heterocycles. The van der Waals surface area contributed by atoms with Crippen LogP contribution in [0.15, 0.2) is 115 Å². The molecule has 0 spiro atoms. The summed E-state index contributed by atoms with van der Waals surface area (Å²) in [7, 11) is 2.83. The number of carboxylic acids is 1. The normalized spacial score (nSPS) is 11.0. The van der Waals surface area contributed by atoms with Crippen molar-refractivity contribution in [1.82, 2.24) is 4.90 Å². The second-order valence-corrected chi connectivity index (χ2v) is 11.7. The molecule has 0 aliphatic heterocycles. The molecule has 2 N–H and O–H groups in total. The number of carboxylic acid groups (broad SMARTS) is 1. The van der Waals surface area contributed by atoms with Gasteiger partial charge in [-0.1, -0.05) is 42.5 Å². The number of anilines is 1. The van der Waals surface area contributed by atoms with E-state index in [0.717, 1.165) is 27.8 Å². The lowest BCUT2D eigenvalue weighted by molar-refractivity contribution is -0.139. The maximum atomic E-state index is 13.6. The minimum Gasteiger partial charge on any atom is -0.497 e. The van der Waals surface area contributed by atoms with Crippen molar-refractivity contribution in [2.75, 3.05) is 26.1 Å². The number of halogens is 3. The third-order valence-electron chi connectivity index (χ3n) is 8.05. The molecular formula is C40H33F3N2O8. The Kier molecular flexibility index (Phi) is 11.8. The van der Waals surface area contributed by atoms with Gasteiger partial charge in [0.15, 0.2) is 0 Å². The zero-order chi connectivity index (χ0) is 38.1. The third kappa shape index (κ3) is 10.0. The molecule has 0 fully saturated rings. The van der Waals surface area contributed by atoms with Gasteiger partial charge in [-0.05, 0) is 95.1 Å². The van der Waals surface area contributed by atoms with Gasteiger partial charge >= 0.3 is 18.1 Å². The molecule has 5 aromatic rings. The largest absolute Gasteiger partial charge is 0.497 e. The zero-order valence-electron chi connectivity index (χ0n) is 28.5. The molecule has 0 radical (unpaired) electrons. The Hall–Kier alpha value is -6.63. The number of carbonyl (C=O) groups is 4. The van der Waals surface area contributed by atoms with Crippen molar-refractivity contribution in [2.24, 2.45) is 0 Å². The van der Waals surface area contributed by atoms with Crippen molar-refractivity contribution in [3.8, 4) is 28.4 Å². The van der Waals surface area contributed by atoms with E-state index < -0.39 is 48.5 Å². The minimum atomic E-state index is -4.70. The molecule has 13 heteroatoms. The van der Waals surface area contributed by atoms with Crippen LogP contribution in [-0.4, -0.2) is 54.5 Å². The van der Waals surface area contributed by atoms with Gasteiger partial charge in [0.1, 0.15) is 23.8 Å². The van der Waals surface area contributed by atoms with E-state index >= 15 is 0 Å². The van der Waals surface area contributed by atoms with Crippen molar-refractivity contribution in [1.29, 1.82) is 0 Å². The van der Waals surface area contributed by atoms with Gasteiger partial charge < -0.3 is 29.5 Å². The van der Waals surface area contributed by atoms with E-state index in [0.29, 0.717) is 11.1 Å². The quantitative estimate of drug-likeness (QED) is 0.0942. The SMILES string of the molecule is COc1ccc(-c2ccc(C(=O)Oc3ccc(CN(CC(=O)O)C(=O)c4ccc(NC(=O)Cc5ccc(OC)cc5C(F)(F)F)cc4)cc3)cc2)cc1. The van der Waals surface area contributed by atoms with Gasteiger partial charge in [-0.2, -0.15) is 13.2 Å². The summed E-state index contributed by atoms with van der Waals surface area (Å²) in [5.74, 6) is -2.18. The summed E-state index contributed by atoms with van der Waals surface area (Å²) < 4.78 is 56.2. The Morgan fingerprint density at radius 3 is 1.81 bits per heavy atom. The number of ether oxygens (including phenoxy) is 3. The van der Waals surface area contributed by atoms with Crippen LogP contribution >= 0.6 is 0 Å². The predicted molar refractivity (Wildman–Crippen MR) is 189 cm³/mol. The first-order valence-electron chi connectivity index (χ1n) is 16.0. The van der Waals surface area contributed by atoms with Gasteiger partial charge in [-0.3, -0.25) is 14.4 Å². The lowest BCUT2D eigenvalue weighted by Gasteiger charge is -2.21. The summed E-state index contributed by atoms with van der Waals surface area (Å²) in [5, 5.41) is 12.0. The second kappa shape index (κ2) is 16.6. The fraction of sp³-hybridized carbons (Fsp3) is 0.150. The van der Waals surface area contributed by atoms with Gasteiger partial charge in [0.2, 0.25) is 5.91 Å². The molecule has 0 unspecified atom stereocenters. The molecule has 0 aliphatic carbocycles. The van der Waals surface area contributed by atoms with E-state index in [9.17, 15) is 37.5 Å². The van der Waals surface area contributed by atoms with Crippen LogP contribution in [0.25, 0.3) is 11.1 Å². The molecule has 272 valence electrons. The highest BCUT2D eigenvalue weighted by Gasteiger charge is 2.34. The highest BCUT2D eigenvalue weighted by Crippen LogP contribution is 2.35. The fourth-order valence-electron chi connectivity index (χ4n) is 5.35. The molecule has 10 nitrogen and oxygen atoms in total. The lowest BCUT2D eigenvalue weighted by Crippen LogP contribution is -2.35. The molecule has 0 bridgehead atoms. The summed E-state index contributed by atoms with van der Waals surface area (Å²) >= 11 is 0. The summed E-state index contributed by atoms with van der Waals surface area (Å²) in [4.78, 5) is 51.5. The Labute approximate surface area is 302 Å². The van der Waals surface area contributed by atoms with Crippen LogP contribution in [0.5, 0.6) is 17.2 Å². The number of rotatable bonds is 13. The first-order chi connectivity index (χ1) is 25.3. The van der Waals surface area contributed by atoms with Gasteiger partial charge in [-0.25, -0.2) is 4.79 Å². The average Bonchev–Trinajstić information content (AvgIpc) is 3.15. The number of aliphatic carboxylic acids is 1. The third-order valence-corrected chi connectivity index (χ3v) is 8.05. The van der Waals surface area contributed by atoms with Gasteiger partial charge in [0, 0.05) is 17.8 Å². The Bertz CT molecular complexity index is 2080. The molecule has 5 rings (SSSR count). The number of alkyl halides is 3. The molecule has 53 heavy (non-hydrogen) atoms. The molecule has 5 aromatic carbocycles. The van der Waals surface area contributed by atoms with Crippen LogP contribution in [-0.2, 0) is 28.7 Å². The summed E-state index contributed by atoms with van der Waals surface area (Å²) in [5.41, 5.74) is 1.85. The van der Waals surface area contributed by atoms with Gasteiger partial charge in [0.05, 0.1) is 31.8 Å². The van der Waals surface area contributed by atoms with Gasteiger partial charge in [0.25, 0.3) is 5.91 Å². The first kappa shape index (κ1) is 37.6. The average molecular weight is 727 g/mol. The van der Waals surface area contributed by atoms with Crippen LogP contribution in [0, 0.1) is 0 Å². The topological polar surface area (TPSA) is 131 Å². The lowest BCUT2D eigenvalue weighted by atomic mass is 10.0. The molecule has 0 aliphatic rings. The minimum absolute atomic E-state index is 0.000791. The Morgan fingerprint density at radius 2 is 1.25 bits per heavy atom. The van der Waals surface area contributed by atoms with Crippen LogP contribution in [0.4, 0.5) is 18.9 Å². The van der Waals surface area contributed by atoms with Crippen LogP contribution < -0.4 is 19.5 Å². The maximum absolute atomic E-state index is 13.6. The predicted octanol–water partition coefficient (Wildman–Crippen LogP) is 7.52. The van der Waals surface area contributed by atoms with Gasteiger partial charge in [-0.15, -0.1) is 0 Å². The summed E-state index contributed by atoms with van der Waals surface area (Å²) in [6, 6.07) is 29.5. The zero-order valence-corrected chi connectivity index (χ0v) is 28.5. The number of nitrogens with one attached hydrogen (secondary N) is 1. The second-order valence-electron chi connectivity index (χ2n) is 11.7. The number of hydrogen-bond acceptors (Lipinski definition) is 7. The summed E-state index contributed by atoms with van der Waals surface area (Å²) in [6.07, 6.45) is -5.27. The molecule has 2 amide bonds. The number of amides is 2. The molecular weight excluding hydrogens is 693 g/mol. The van der Waals surface area contributed by atoms with Crippen molar-refractivity contribution in [3.63, 3.8) is 0 Å². The Morgan fingerprint density at radius 1 is 0.698 bits per heavy atom. The number of hydrogen-bond donors (Lipinski definition) is 2. The van der Waals surface area contributed by atoms with E-state index in [1.165, 1.54) is 55.6 Å². The smallest absolute Gasteiger partial charge is 0.416 e. The summed E-state index contributed by atoms with van der Waals surface area (Å²) in [6.45, 7) is -0.710. The number of carbonyl (C=O) groups excluding carboxylic acids is 3.